The predicted octanol–water partition coefficient (Wildman–Crippen LogP) is 0.825. The number of piperidine rings is 1. The van der Waals surface area contributed by atoms with Crippen molar-refractivity contribution in [2.45, 2.75) is 45.6 Å². The van der Waals surface area contributed by atoms with Crippen LogP contribution in [0.5, 0.6) is 0 Å². The quantitative estimate of drug-likeness (QED) is 0.743. The van der Waals surface area contributed by atoms with E-state index < -0.39 is 0 Å². The molecule has 0 aromatic rings. The summed E-state index contributed by atoms with van der Waals surface area (Å²) in [5, 5.41) is 0. The second-order valence-electron chi connectivity index (χ2n) is 5.58. The van der Waals surface area contributed by atoms with Crippen molar-refractivity contribution in [1.82, 2.24) is 9.80 Å². The molecule has 0 bridgehead atoms. The molecule has 2 saturated heterocycles. The van der Waals surface area contributed by atoms with Gasteiger partial charge in [0.15, 0.2) is 0 Å². The Bertz CT molecular complexity index is 386. The third-order valence-electron chi connectivity index (χ3n) is 4.32. The van der Waals surface area contributed by atoms with Gasteiger partial charge in [0.1, 0.15) is 11.8 Å². The number of ketones is 1. The minimum Gasteiger partial charge on any atom is -0.341 e. The molecule has 5 nitrogen and oxygen atoms in total. The summed E-state index contributed by atoms with van der Waals surface area (Å²) in [6, 6.07) is -0.272. The van der Waals surface area contributed by atoms with Gasteiger partial charge >= 0.3 is 0 Å². The highest BCUT2D eigenvalue weighted by Gasteiger charge is 2.36. The molecule has 2 amide bonds. The molecule has 2 heterocycles. The number of amides is 2. The number of rotatable bonds is 2. The van der Waals surface area contributed by atoms with E-state index in [0.29, 0.717) is 19.6 Å². The Morgan fingerprint density at radius 3 is 2.11 bits per heavy atom. The van der Waals surface area contributed by atoms with Crippen molar-refractivity contribution < 1.29 is 14.4 Å². The lowest BCUT2D eigenvalue weighted by Crippen LogP contribution is -2.50. The van der Waals surface area contributed by atoms with E-state index in [9.17, 15) is 14.4 Å². The molecule has 0 aromatic carbocycles. The molecule has 0 radical (unpaired) electrons. The third kappa shape index (κ3) is 2.96. The van der Waals surface area contributed by atoms with Crippen molar-refractivity contribution in [3.8, 4) is 0 Å². The number of nitrogens with zero attached hydrogens (tertiary/aromatic N) is 2. The largest absolute Gasteiger partial charge is 0.341 e. The fourth-order valence-electron chi connectivity index (χ4n) is 3.12. The maximum absolute atomic E-state index is 12.4. The summed E-state index contributed by atoms with van der Waals surface area (Å²) in [7, 11) is 0. The van der Waals surface area contributed by atoms with Crippen LogP contribution in [-0.2, 0) is 14.4 Å². The van der Waals surface area contributed by atoms with Crippen LogP contribution >= 0.6 is 0 Å². The molecular formula is C14H22N2O3. The lowest BCUT2D eigenvalue weighted by Gasteiger charge is -2.34. The number of hydrogen-bond acceptors (Lipinski definition) is 3. The van der Waals surface area contributed by atoms with Crippen LogP contribution in [0.4, 0.5) is 0 Å². The maximum Gasteiger partial charge on any atom is 0.245 e. The highest BCUT2D eigenvalue weighted by Crippen LogP contribution is 2.23. The Balaban J connectivity index is 1.94. The summed E-state index contributed by atoms with van der Waals surface area (Å²) in [6.07, 6.45) is 3.19. The van der Waals surface area contributed by atoms with Crippen LogP contribution in [0.3, 0.4) is 0 Å². The standard InChI is InChI=1S/C14H22N2O3/c1-10(17)12-5-8-15(9-6-12)14(19)13-4-3-7-16(13)11(2)18/h12-13H,3-9H2,1-2H3/t13-/m0/s1. The first-order valence-corrected chi connectivity index (χ1v) is 7.07. The van der Waals surface area contributed by atoms with Crippen molar-refractivity contribution in [1.29, 1.82) is 0 Å². The van der Waals surface area contributed by atoms with E-state index in [2.05, 4.69) is 0 Å². The van der Waals surface area contributed by atoms with E-state index in [4.69, 9.17) is 0 Å². The first-order chi connectivity index (χ1) is 9.00. The molecule has 2 rings (SSSR count). The second-order valence-corrected chi connectivity index (χ2v) is 5.58. The molecule has 0 saturated carbocycles. The van der Waals surface area contributed by atoms with Crippen molar-refractivity contribution in [3.63, 3.8) is 0 Å². The van der Waals surface area contributed by atoms with Crippen molar-refractivity contribution in [3.05, 3.63) is 0 Å². The van der Waals surface area contributed by atoms with Gasteiger partial charge in [-0.3, -0.25) is 14.4 Å². The van der Waals surface area contributed by atoms with E-state index >= 15 is 0 Å². The molecule has 2 fully saturated rings. The smallest absolute Gasteiger partial charge is 0.245 e. The van der Waals surface area contributed by atoms with Gasteiger partial charge in [-0.1, -0.05) is 0 Å². The minimum absolute atomic E-state index is 0.0190. The molecule has 2 aliphatic heterocycles. The van der Waals surface area contributed by atoms with Gasteiger partial charge < -0.3 is 9.80 Å². The molecule has 0 N–H and O–H groups in total. The van der Waals surface area contributed by atoms with Crippen molar-refractivity contribution in [2.75, 3.05) is 19.6 Å². The van der Waals surface area contributed by atoms with Crippen LogP contribution in [-0.4, -0.2) is 53.1 Å². The highest BCUT2D eigenvalue weighted by atomic mass is 16.2. The maximum atomic E-state index is 12.4. The Labute approximate surface area is 113 Å². The fraction of sp³-hybridized carbons (Fsp3) is 0.786. The first-order valence-electron chi connectivity index (χ1n) is 7.07. The van der Waals surface area contributed by atoms with Gasteiger partial charge in [-0.25, -0.2) is 0 Å². The zero-order valence-electron chi connectivity index (χ0n) is 11.7. The molecule has 2 aliphatic rings. The van der Waals surface area contributed by atoms with Crippen LogP contribution in [0.2, 0.25) is 0 Å². The summed E-state index contributed by atoms with van der Waals surface area (Å²) in [5.74, 6) is 0.374. The van der Waals surface area contributed by atoms with E-state index in [-0.39, 0.29) is 29.6 Å². The zero-order chi connectivity index (χ0) is 14.0. The summed E-state index contributed by atoms with van der Waals surface area (Å²) in [6.45, 7) is 5.12. The number of carbonyl (C=O) groups is 3. The fourth-order valence-corrected chi connectivity index (χ4v) is 3.12. The van der Waals surface area contributed by atoms with E-state index in [1.54, 1.807) is 11.8 Å². The number of likely N-dealkylation sites (tertiary alicyclic amines) is 2. The molecule has 0 aliphatic carbocycles. The number of carbonyl (C=O) groups excluding carboxylic acids is 3. The minimum atomic E-state index is -0.272. The summed E-state index contributed by atoms with van der Waals surface area (Å²) >= 11 is 0. The average Bonchev–Trinajstić information content (AvgIpc) is 2.87. The third-order valence-corrected chi connectivity index (χ3v) is 4.32. The summed E-state index contributed by atoms with van der Waals surface area (Å²) < 4.78 is 0. The van der Waals surface area contributed by atoms with Crippen LogP contribution in [0.15, 0.2) is 0 Å². The monoisotopic (exact) mass is 266 g/mol. The van der Waals surface area contributed by atoms with Crippen LogP contribution in [0.25, 0.3) is 0 Å². The van der Waals surface area contributed by atoms with Gasteiger partial charge in [-0.05, 0) is 32.6 Å². The van der Waals surface area contributed by atoms with E-state index in [0.717, 1.165) is 25.7 Å². The topological polar surface area (TPSA) is 57.7 Å². The molecule has 19 heavy (non-hydrogen) atoms. The molecule has 1 atom stereocenters. The average molecular weight is 266 g/mol. The zero-order valence-corrected chi connectivity index (χ0v) is 11.7. The summed E-state index contributed by atoms with van der Waals surface area (Å²) in [5.41, 5.74) is 0. The Hall–Kier alpha value is -1.39. The SMILES string of the molecule is CC(=O)C1CCN(C(=O)[C@@H]2CCCN2C(C)=O)CC1. The molecular weight excluding hydrogens is 244 g/mol. The van der Waals surface area contributed by atoms with Crippen LogP contribution in [0, 0.1) is 5.92 Å². The van der Waals surface area contributed by atoms with E-state index in [1.807, 2.05) is 4.90 Å². The van der Waals surface area contributed by atoms with E-state index in [1.165, 1.54) is 6.92 Å². The Morgan fingerprint density at radius 2 is 1.58 bits per heavy atom. The van der Waals surface area contributed by atoms with Crippen LogP contribution in [0.1, 0.15) is 39.5 Å². The molecule has 0 unspecified atom stereocenters. The van der Waals surface area contributed by atoms with Gasteiger partial charge in [0.2, 0.25) is 11.8 Å². The predicted molar refractivity (Wildman–Crippen MR) is 70.4 cm³/mol. The highest BCUT2D eigenvalue weighted by molar-refractivity contribution is 5.87. The molecule has 0 spiro atoms. The Morgan fingerprint density at radius 1 is 0.947 bits per heavy atom. The van der Waals surface area contributed by atoms with Gasteiger partial charge in [0.25, 0.3) is 0 Å². The number of hydrogen-bond donors (Lipinski definition) is 0. The lowest BCUT2D eigenvalue weighted by molar-refractivity contribution is -0.144. The normalized spacial score (nSPS) is 24.6. The lowest BCUT2D eigenvalue weighted by atomic mass is 9.93. The molecule has 0 aromatic heterocycles. The van der Waals surface area contributed by atoms with Gasteiger partial charge in [0.05, 0.1) is 0 Å². The van der Waals surface area contributed by atoms with Crippen molar-refractivity contribution in [2.24, 2.45) is 5.92 Å². The van der Waals surface area contributed by atoms with Gasteiger partial charge in [-0.15, -0.1) is 0 Å². The second kappa shape index (κ2) is 5.72. The van der Waals surface area contributed by atoms with Crippen molar-refractivity contribution >= 4 is 17.6 Å². The van der Waals surface area contributed by atoms with Gasteiger partial charge in [0, 0.05) is 32.5 Å². The summed E-state index contributed by atoms with van der Waals surface area (Å²) in [4.78, 5) is 38.8. The van der Waals surface area contributed by atoms with Gasteiger partial charge in [-0.2, -0.15) is 0 Å². The molecule has 5 heteroatoms. The Kier molecular flexibility index (Phi) is 4.22. The first kappa shape index (κ1) is 14.0. The molecule has 106 valence electrons. The number of Topliss-reactive ketones (excluding diaryl/α,β-unsaturated/α-hetero) is 1. The van der Waals surface area contributed by atoms with Crippen LogP contribution < -0.4 is 0 Å².